The normalized spacial score (nSPS) is 36.3. The molecule has 1 aromatic heterocycles. The fourth-order valence-electron chi connectivity index (χ4n) is 6.51. The van der Waals surface area contributed by atoms with Crippen LogP contribution in [0.2, 0.25) is 0 Å². The summed E-state index contributed by atoms with van der Waals surface area (Å²) in [4.78, 5) is 10.3. The van der Waals surface area contributed by atoms with Gasteiger partial charge in [-0.15, -0.1) is 0 Å². The zero-order valence-electron chi connectivity index (χ0n) is 21.2. The molecule has 0 spiro atoms. The second-order valence-corrected chi connectivity index (χ2v) is 12.7. The van der Waals surface area contributed by atoms with Crippen molar-refractivity contribution in [1.29, 1.82) is 0 Å². The van der Waals surface area contributed by atoms with Crippen LogP contribution >= 0.6 is 0 Å². The van der Waals surface area contributed by atoms with E-state index in [1.807, 2.05) is 20.8 Å². The predicted molar refractivity (Wildman–Crippen MR) is 128 cm³/mol. The van der Waals surface area contributed by atoms with Crippen LogP contribution in [0.15, 0.2) is 12.4 Å². The highest BCUT2D eigenvalue weighted by Crippen LogP contribution is 2.66. The lowest BCUT2D eigenvalue weighted by Crippen LogP contribution is -2.52. The SMILES string of the molecule is COC(O)N1[C@H](CO[C@H]2CC[C@]3(c4ncc(F)cn4)[C@H](C2)[C@@H]3C)[C@H](NS(=O)(=O)CC(C)C)C[C@@H]1C. The Kier molecular flexibility index (Phi) is 7.86. The number of fused-ring (bicyclic) bond motifs is 1. The molecule has 4 rings (SSSR count). The van der Waals surface area contributed by atoms with Crippen molar-refractivity contribution < 1.29 is 27.4 Å². The molecular weight excluding hydrogens is 475 g/mol. The number of aliphatic hydroxyl groups is 1. The van der Waals surface area contributed by atoms with Gasteiger partial charge in [-0.1, -0.05) is 20.8 Å². The van der Waals surface area contributed by atoms with Crippen LogP contribution in [0.3, 0.4) is 0 Å². The molecule has 1 unspecified atom stereocenters. The van der Waals surface area contributed by atoms with Crippen LogP contribution in [0.5, 0.6) is 0 Å². The van der Waals surface area contributed by atoms with Gasteiger partial charge in [0.15, 0.2) is 5.82 Å². The second-order valence-electron chi connectivity index (χ2n) is 11.0. The van der Waals surface area contributed by atoms with Gasteiger partial charge in [-0.25, -0.2) is 32.4 Å². The first kappa shape index (κ1) is 26.8. The topological polar surface area (TPSA) is 114 Å². The van der Waals surface area contributed by atoms with Gasteiger partial charge in [-0.05, 0) is 50.4 Å². The van der Waals surface area contributed by atoms with E-state index in [9.17, 15) is 17.9 Å². The lowest BCUT2D eigenvalue weighted by Gasteiger charge is -2.35. The molecule has 35 heavy (non-hydrogen) atoms. The van der Waals surface area contributed by atoms with Gasteiger partial charge in [0, 0.05) is 24.6 Å². The third-order valence-electron chi connectivity index (χ3n) is 8.21. The van der Waals surface area contributed by atoms with Crippen molar-refractivity contribution in [3.05, 3.63) is 24.0 Å². The maximum absolute atomic E-state index is 13.3. The van der Waals surface area contributed by atoms with Crippen LogP contribution in [0.1, 0.15) is 59.2 Å². The fraction of sp³-hybridized carbons (Fsp3) is 0.833. The Bertz CT molecular complexity index is 981. The number of hydrogen-bond acceptors (Lipinski definition) is 8. The van der Waals surface area contributed by atoms with Crippen molar-refractivity contribution in [3.63, 3.8) is 0 Å². The van der Waals surface area contributed by atoms with Crippen LogP contribution < -0.4 is 4.72 Å². The van der Waals surface area contributed by atoms with Crippen molar-refractivity contribution >= 4 is 10.0 Å². The van der Waals surface area contributed by atoms with E-state index in [1.165, 1.54) is 19.5 Å². The van der Waals surface area contributed by atoms with E-state index in [1.54, 1.807) is 4.90 Å². The summed E-state index contributed by atoms with van der Waals surface area (Å²) in [6, 6.07) is -0.817. The fourth-order valence-corrected chi connectivity index (χ4v) is 8.19. The van der Waals surface area contributed by atoms with Gasteiger partial charge in [-0.2, -0.15) is 0 Å². The van der Waals surface area contributed by atoms with Gasteiger partial charge >= 0.3 is 0 Å². The van der Waals surface area contributed by atoms with Crippen LogP contribution in [0.4, 0.5) is 4.39 Å². The molecule has 3 aliphatic rings. The molecule has 1 saturated heterocycles. The molecule has 9 nitrogen and oxygen atoms in total. The zero-order valence-corrected chi connectivity index (χ0v) is 22.0. The lowest BCUT2D eigenvalue weighted by atomic mass is 9.85. The Hall–Kier alpha value is -1.24. The Balaban J connectivity index is 1.42. The van der Waals surface area contributed by atoms with E-state index in [2.05, 4.69) is 21.6 Å². The number of sulfonamides is 1. The highest BCUT2D eigenvalue weighted by molar-refractivity contribution is 7.89. The molecule has 11 heteroatoms. The van der Waals surface area contributed by atoms with Gasteiger partial charge in [0.2, 0.25) is 16.4 Å². The van der Waals surface area contributed by atoms with Crippen LogP contribution in [-0.4, -0.2) is 78.5 Å². The van der Waals surface area contributed by atoms with E-state index in [-0.39, 0.29) is 47.9 Å². The van der Waals surface area contributed by atoms with E-state index in [0.29, 0.717) is 24.1 Å². The van der Waals surface area contributed by atoms with E-state index < -0.39 is 22.3 Å². The van der Waals surface area contributed by atoms with Crippen molar-refractivity contribution in [2.75, 3.05) is 19.5 Å². The van der Waals surface area contributed by atoms with Crippen LogP contribution in [-0.2, 0) is 24.9 Å². The molecule has 0 amide bonds. The first-order valence-corrected chi connectivity index (χ1v) is 14.2. The number of aliphatic hydroxyl groups excluding tert-OH is 1. The van der Waals surface area contributed by atoms with Crippen LogP contribution in [0, 0.1) is 23.6 Å². The lowest BCUT2D eigenvalue weighted by molar-refractivity contribution is -0.199. The number of likely N-dealkylation sites (tertiary alicyclic amines) is 1. The summed E-state index contributed by atoms with van der Waals surface area (Å²) in [5.41, 5.74) is -0.108. The van der Waals surface area contributed by atoms with Crippen molar-refractivity contribution in [2.24, 2.45) is 17.8 Å². The smallest absolute Gasteiger partial charge is 0.216 e. The quantitative estimate of drug-likeness (QED) is 0.456. The van der Waals surface area contributed by atoms with Gasteiger partial charge in [-0.3, -0.25) is 0 Å². The summed E-state index contributed by atoms with van der Waals surface area (Å²) in [5, 5.41) is 10.5. The minimum Gasteiger partial charge on any atom is -0.377 e. The number of hydrogen-bond donors (Lipinski definition) is 2. The number of halogens is 1. The third kappa shape index (κ3) is 5.40. The molecule has 0 radical (unpaired) electrons. The summed E-state index contributed by atoms with van der Waals surface area (Å²) in [5.74, 6) is 1.11. The van der Waals surface area contributed by atoms with Crippen molar-refractivity contribution in [2.45, 2.75) is 89.4 Å². The number of ether oxygens (including phenoxy) is 2. The van der Waals surface area contributed by atoms with Gasteiger partial charge in [0.05, 0.1) is 36.9 Å². The molecule has 0 bridgehead atoms. The predicted octanol–water partition coefficient (Wildman–Crippen LogP) is 2.02. The van der Waals surface area contributed by atoms with Gasteiger partial charge < -0.3 is 14.6 Å². The van der Waals surface area contributed by atoms with E-state index >= 15 is 0 Å². The molecule has 1 aromatic rings. The minimum absolute atomic E-state index is 0.00909. The molecule has 0 aromatic carbocycles. The molecule has 2 N–H and O–H groups in total. The first-order valence-electron chi connectivity index (χ1n) is 12.6. The highest BCUT2D eigenvalue weighted by atomic mass is 32.2. The largest absolute Gasteiger partial charge is 0.377 e. The summed E-state index contributed by atoms with van der Waals surface area (Å²) in [6.07, 6.45) is 4.44. The van der Waals surface area contributed by atoms with Crippen molar-refractivity contribution in [3.8, 4) is 0 Å². The molecular formula is C24H39FN4O5S. The zero-order chi connectivity index (χ0) is 25.5. The molecule has 2 heterocycles. The minimum atomic E-state index is -3.47. The highest BCUT2D eigenvalue weighted by Gasteiger charge is 2.66. The molecule has 2 saturated carbocycles. The average molecular weight is 515 g/mol. The first-order chi connectivity index (χ1) is 16.5. The number of nitrogens with one attached hydrogen (secondary N) is 1. The summed E-state index contributed by atoms with van der Waals surface area (Å²) < 4.78 is 53.1. The number of rotatable bonds is 10. The van der Waals surface area contributed by atoms with Gasteiger partial charge in [0.1, 0.15) is 5.82 Å². The Labute approximate surface area is 207 Å². The average Bonchev–Trinajstić information content (AvgIpc) is 3.25. The number of nitrogens with zero attached hydrogens (tertiary/aromatic N) is 3. The number of aromatic nitrogens is 2. The number of methoxy groups -OCH3 is 1. The van der Waals surface area contributed by atoms with Crippen LogP contribution in [0.25, 0.3) is 0 Å². The van der Waals surface area contributed by atoms with Gasteiger partial charge in [0.25, 0.3) is 0 Å². The Morgan fingerprint density at radius 2 is 1.97 bits per heavy atom. The third-order valence-corrected chi connectivity index (χ3v) is 9.97. The summed E-state index contributed by atoms with van der Waals surface area (Å²) in [6.45, 7) is 8.17. The standard InChI is InChI=1S/C24H39FN4O5S/c1-14(2)13-35(31,32)28-20-8-15(3)29(23(30)33-5)21(20)12-34-18-6-7-24(16(4)19(24)9-18)22-26-10-17(25)11-27-22/h10-11,14-16,18-21,23,28,30H,6-9,12-13H2,1-5H3/t15-,16-,18-,19+,20+,21+,23?,24+/m0/s1. The Morgan fingerprint density at radius 3 is 2.57 bits per heavy atom. The molecule has 8 atom stereocenters. The molecule has 198 valence electrons. The molecule has 1 aliphatic heterocycles. The second kappa shape index (κ2) is 10.3. The summed E-state index contributed by atoms with van der Waals surface area (Å²) in [7, 11) is -2.04. The molecule has 3 fully saturated rings. The van der Waals surface area contributed by atoms with E-state index in [4.69, 9.17) is 9.47 Å². The molecule has 2 aliphatic carbocycles. The summed E-state index contributed by atoms with van der Waals surface area (Å²) >= 11 is 0. The monoisotopic (exact) mass is 514 g/mol. The maximum Gasteiger partial charge on any atom is 0.216 e. The Morgan fingerprint density at radius 1 is 1.29 bits per heavy atom. The van der Waals surface area contributed by atoms with Crippen molar-refractivity contribution in [1.82, 2.24) is 19.6 Å². The maximum atomic E-state index is 13.3. The van der Waals surface area contributed by atoms with E-state index in [0.717, 1.165) is 19.3 Å².